The van der Waals surface area contributed by atoms with Crippen LogP contribution in [0, 0.1) is 0 Å². The lowest BCUT2D eigenvalue weighted by molar-refractivity contribution is 0.563. The van der Waals surface area contributed by atoms with Gasteiger partial charge in [0, 0.05) is 0 Å². The maximum atomic E-state index is 3.85. The topological polar surface area (TPSA) is 0 Å². The van der Waals surface area contributed by atoms with Crippen LogP contribution < -0.4 is 0 Å². The molecule has 0 unspecified atom stereocenters. The molecule has 0 aromatic heterocycles. The predicted octanol–water partition coefficient (Wildman–Crippen LogP) is 6.68. The Kier molecular flexibility index (Phi) is 13.9. The molecular weight excluding hydrogens is 223 g/mol. The van der Waals surface area contributed by atoms with Crippen molar-refractivity contribution in [2.75, 3.05) is 6.16 Å². The third-order valence-electron chi connectivity index (χ3n) is 3.24. The number of hydrogen-bond donors (Lipinski definition) is 0. The summed E-state index contributed by atoms with van der Waals surface area (Å²) in [5, 5.41) is 0. The molecule has 0 N–H and O–H groups in total. The van der Waals surface area contributed by atoms with Crippen LogP contribution in [0.15, 0.2) is 24.8 Å². The maximum absolute atomic E-state index is 3.85. The van der Waals surface area contributed by atoms with Crippen LogP contribution in [-0.4, -0.2) is 6.16 Å². The highest BCUT2D eigenvalue weighted by Crippen LogP contribution is 2.38. The lowest BCUT2D eigenvalue weighted by Crippen LogP contribution is -1.84. The van der Waals surface area contributed by atoms with Crippen LogP contribution >= 0.6 is 7.92 Å². The largest absolute Gasteiger partial charge is 0.0983 e. The van der Waals surface area contributed by atoms with Gasteiger partial charge >= 0.3 is 0 Å². The highest BCUT2D eigenvalue weighted by atomic mass is 31.1. The molecule has 0 rings (SSSR count). The first-order valence-corrected chi connectivity index (χ1v) is 9.02. The number of hydrogen-bond acceptors (Lipinski definition) is 0. The van der Waals surface area contributed by atoms with Gasteiger partial charge in [0.2, 0.25) is 0 Å². The first-order valence-electron chi connectivity index (χ1n) is 7.36. The summed E-state index contributed by atoms with van der Waals surface area (Å²) in [6.45, 7) is 9.99. The van der Waals surface area contributed by atoms with Crippen LogP contribution in [0.3, 0.4) is 0 Å². The second-order valence-corrected chi connectivity index (χ2v) is 6.99. The van der Waals surface area contributed by atoms with E-state index in [2.05, 4.69) is 31.7 Å². The zero-order chi connectivity index (χ0) is 12.8. The third kappa shape index (κ3) is 12.2. The van der Waals surface area contributed by atoms with E-state index in [1.807, 2.05) is 0 Å². The van der Waals surface area contributed by atoms with Gasteiger partial charge in [0.25, 0.3) is 0 Å². The molecule has 0 bridgehead atoms. The summed E-state index contributed by atoms with van der Waals surface area (Å²) in [7, 11) is -0.0630. The highest BCUT2D eigenvalue weighted by molar-refractivity contribution is 7.63. The molecule has 0 saturated carbocycles. The molecule has 0 fully saturated rings. The summed E-state index contributed by atoms with van der Waals surface area (Å²) in [6, 6.07) is 0. The zero-order valence-corrected chi connectivity index (χ0v) is 12.7. The van der Waals surface area contributed by atoms with E-state index in [9.17, 15) is 0 Å². The van der Waals surface area contributed by atoms with Crippen LogP contribution in [0.2, 0.25) is 0 Å². The van der Waals surface area contributed by atoms with Crippen LogP contribution in [0.25, 0.3) is 0 Å². The zero-order valence-electron chi connectivity index (χ0n) is 11.8. The summed E-state index contributed by atoms with van der Waals surface area (Å²) in [4.78, 5) is 0. The van der Waals surface area contributed by atoms with E-state index in [0.717, 1.165) is 0 Å². The summed E-state index contributed by atoms with van der Waals surface area (Å²) < 4.78 is 0. The van der Waals surface area contributed by atoms with Gasteiger partial charge in [0.1, 0.15) is 0 Å². The van der Waals surface area contributed by atoms with Gasteiger partial charge < -0.3 is 0 Å². The van der Waals surface area contributed by atoms with E-state index in [4.69, 9.17) is 0 Å². The van der Waals surface area contributed by atoms with Crippen LogP contribution in [0.1, 0.15) is 71.1 Å². The minimum atomic E-state index is -0.0630. The molecule has 0 aliphatic heterocycles. The van der Waals surface area contributed by atoms with E-state index in [-0.39, 0.29) is 7.92 Å². The van der Waals surface area contributed by atoms with Gasteiger partial charge in [0.05, 0.1) is 0 Å². The molecule has 0 atom stereocenters. The molecule has 17 heavy (non-hydrogen) atoms. The molecule has 0 saturated heterocycles. The Labute approximate surface area is 110 Å². The van der Waals surface area contributed by atoms with Gasteiger partial charge in [-0.25, -0.2) is 0 Å². The SMILES string of the molecule is C=CP(C=C)CCCCCCCCCCCC. The molecule has 1 heteroatoms. The van der Waals surface area contributed by atoms with E-state index < -0.39 is 0 Å². The molecular formula is C16H31P. The van der Waals surface area contributed by atoms with E-state index in [0.29, 0.717) is 0 Å². The summed E-state index contributed by atoms with van der Waals surface area (Å²) in [5.41, 5.74) is 0. The Morgan fingerprint density at radius 3 is 1.53 bits per heavy atom. The predicted molar refractivity (Wildman–Crippen MR) is 84.0 cm³/mol. The molecule has 0 aromatic rings. The molecule has 0 nitrogen and oxygen atoms in total. The highest BCUT2D eigenvalue weighted by Gasteiger charge is 1.97. The van der Waals surface area contributed by atoms with Crippen LogP contribution in [0.4, 0.5) is 0 Å². The Hall–Kier alpha value is -0.0900. The van der Waals surface area contributed by atoms with Gasteiger partial charge in [-0.2, -0.15) is 0 Å². The fourth-order valence-corrected chi connectivity index (χ4v) is 3.14. The molecule has 0 radical (unpaired) electrons. The lowest BCUT2D eigenvalue weighted by Gasteiger charge is -2.06. The summed E-state index contributed by atoms with van der Waals surface area (Å²) >= 11 is 0. The molecule has 100 valence electrons. The summed E-state index contributed by atoms with van der Waals surface area (Å²) in [6.07, 6.45) is 15.5. The monoisotopic (exact) mass is 254 g/mol. The molecule has 0 amide bonds. The molecule has 0 aliphatic carbocycles. The standard InChI is InChI=1S/C16H31P/c1-4-7-8-9-10-11-12-13-14-15-16-17(5-2)6-3/h5-6H,2-4,7-16H2,1H3. The van der Waals surface area contributed by atoms with Crippen molar-refractivity contribution >= 4 is 7.92 Å². The summed E-state index contributed by atoms with van der Waals surface area (Å²) in [5.74, 6) is 4.16. The Morgan fingerprint density at radius 1 is 0.706 bits per heavy atom. The third-order valence-corrected chi connectivity index (χ3v) is 5.01. The number of rotatable bonds is 13. The normalized spacial score (nSPS) is 10.7. The Bertz CT molecular complexity index is 166. The quantitative estimate of drug-likeness (QED) is 0.254. The van der Waals surface area contributed by atoms with E-state index >= 15 is 0 Å². The first-order chi connectivity index (χ1) is 8.35. The second-order valence-electron chi connectivity index (χ2n) is 4.78. The Morgan fingerprint density at radius 2 is 1.12 bits per heavy atom. The average molecular weight is 254 g/mol. The fraction of sp³-hybridized carbons (Fsp3) is 0.750. The number of unbranched alkanes of at least 4 members (excludes halogenated alkanes) is 9. The van der Waals surface area contributed by atoms with Crippen molar-refractivity contribution in [3.63, 3.8) is 0 Å². The maximum Gasteiger partial charge on any atom is -0.0257 e. The van der Waals surface area contributed by atoms with Crippen molar-refractivity contribution < 1.29 is 0 Å². The van der Waals surface area contributed by atoms with Gasteiger partial charge in [-0.3, -0.25) is 0 Å². The minimum Gasteiger partial charge on any atom is -0.0983 e. The second kappa shape index (κ2) is 14.0. The van der Waals surface area contributed by atoms with Gasteiger partial charge in [-0.1, -0.05) is 97.4 Å². The molecule has 0 aliphatic rings. The molecule has 0 aromatic carbocycles. The van der Waals surface area contributed by atoms with E-state index in [1.165, 1.54) is 70.4 Å². The molecule has 0 heterocycles. The van der Waals surface area contributed by atoms with Crippen molar-refractivity contribution in [1.82, 2.24) is 0 Å². The lowest BCUT2D eigenvalue weighted by atomic mass is 10.1. The van der Waals surface area contributed by atoms with Crippen LogP contribution in [-0.2, 0) is 0 Å². The van der Waals surface area contributed by atoms with Crippen molar-refractivity contribution in [2.45, 2.75) is 71.1 Å². The van der Waals surface area contributed by atoms with Gasteiger partial charge in [-0.05, 0) is 12.6 Å². The van der Waals surface area contributed by atoms with Crippen molar-refractivity contribution in [3.8, 4) is 0 Å². The smallest absolute Gasteiger partial charge is 0.0257 e. The minimum absolute atomic E-state index is 0.0630. The Balaban J connectivity index is 3.08. The molecule has 0 spiro atoms. The van der Waals surface area contributed by atoms with Crippen molar-refractivity contribution in [3.05, 3.63) is 24.8 Å². The van der Waals surface area contributed by atoms with Gasteiger partial charge in [0.15, 0.2) is 0 Å². The fourth-order valence-electron chi connectivity index (χ4n) is 2.04. The average Bonchev–Trinajstić information content (AvgIpc) is 2.36. The van der Waals surface area contributed by atoms with E-state index in [1.54, 1.807) is 0 Å². The van der Waals surface area contributed by atoms with Crippen LogP contribution in [0.5, 0.6) is 0 Å². The van der Waals surface area contributed by atoms with Crippen molar-refractivity contribution in [2.24, 2.45) is 0 Å². The van der Waals surface area contributed by atoms with Gasteiger partial charge in [-0.15, -0.1) is 0 Å². The van der Waals surface area contributed by atoms with Crippen molar-refractivity contribution in [1.29, 1.82) is 0 Å². The first kappa shape index (κ1) is 16.9.